The number of nitrogens with zero attached hydrogens (tertiary/aromatic N) is 7. The van der Waals surface area contributed by atoms with E-state index in [2.05, 4.69) is 67.6 Å². The molecule has 10 nitrogen and oxygen atoms in total. The molecule has 266 valence electrons. The molecule has 1 saturated carbocycles. The van der Waals surface area contributed by atoms with Crippen LogP contribution in [-0.2, 0) is 11.2 Å². The van der Waals surface area contributed by atoms with E-state index >= 15 is 0 Å². The van der Waals surface area contributed by atoms with E-state index in [4.69, 9.17) is 4.98 Å². The molecule has 7 rings (SSSR count). The lowest BCUT2D eigenvalue weighted by Crippen LogP contribution is -2.52. The summed E-state index contributed by atoms with van der Waals surface area (Å²) in [6.07, 6.45) is 12.6. The minimum atomic E-state index is -0.0223. The van der Waals surface area contributed by atoms with Crippen LogP contribution in [0.5, 0.6) is 0 Å². The van der Waals surface area contributed by atoms with Crippen molar-refractivity contribution in [3.05, 3.63) is 52.8 Å². The molecule has 10 heteroatoms. The van der Waals surface area contributed by atoms with Crippen LogP contribution in [0.2, 0.25) is 0 Å². The fourth-order valence-corrected chi connectivity index (χ4v) is 9.24. The largest absolute Gasteiger partial charge is 0.362 e. The van der Waals surface area contributed by atoms with Gasteiger partial charge in [-0.2, -0.15) is 10.4 Å². The Labute approximate surface area is 298 Å². The number of piperazine rings is 1. The lowest BCUT2D eigenvalue weighted by molar-refractivity contribution is -0.137. The Kier molecular flexibility index (Phi) is 10.5. The van der Waals surface area contributed by atoms with E-state index in [0.29, 0.717) is 17.7 Å². The van der Waals surface area contributed by atoms with Gasteiger partial charge in [-0.05, 0) is 132 Å². The number of aryl methyl sites for hydroxylation is 1. The molecule has 1 spiro atoms. The number of benzene rings is 1. The van der Waals surface area contributed by atoms with Gasteiger partial charge in [0, 0.05) is 55.6 Å². The Morgan fingerprint density at radius 3 is 2.46 bits per heavy atom. The third-order valence-corrected chi connectivity index (χ3v) is 12.6. The number of amides is 1. The quantitative estimate of drug-likeness (QED) is 0.306. The maximum atomic E-state index is 13.7. The molecule has 0 unspecified atom stereocenters. The van der Waals surface area contributed by atoms with Gasteiger partial charge in [0.05, 0.1) is 24.2 Å². The number of carbonyl (C=O) groups excluding carboxylic acids is 1. The second-order valence-corrected chi connectivity index (χ2v) is 15.6. The third-order valence-electron chi connectivity index (χ3n) is 12.6. The van der Waals surface area contributed by atoms with Crippen molar-refractivity contribution in [2.24, 2.45) is 17.3 Å². The monoisotopic (exact) mass is 677 g/mol. The summed E-state index contributed by atoms with van der Waals surface area (Å²) in [6, 6.07) is 10.5. The van der Waals surface area contributed by atoms with E-state index in [1.54, 1.807) is 0 Å². The smallest absolute Gasteiger partial charge is 0.225 e. The first kappa shape index (κ1) is 34.6. The predicted octanol–water partition coefficient (Wildman–Crippen LogP) is 5.80. The van der Waals surface area contributed by atoms with Gasteiger partial charge < -0.3 is 25.3 Å². The molecule has 5 heterocycles. The summed E-state index contributed by atoms with van der Waals surface area (Å²) < 4.78 is 0. The molecule has 2 aromatic heterocycles. The molecule has 4 fully saturated rings. The van der Waals surface area contributed by atoms with Gasteiger partial charge >= 0.3 is 0 Å². The normalized spacial score (nSPS) is 21.3. The molecule has 50 heavy (non-hydrogen) atoms. The average Bonchev–Trinajstić information content (AvgIpc) is 3.15. The van der Waals surface area contributed by atoms with Crippen LogP contribution >= 0.6 is 0 Å². The zero-order valence-corrected chi connectivity index (χ0v) is 30.4. The second-order valence-electron chi connectivity index (χ2n) is 15.6. The molecule has 0 radical (unpaired) electrons. The highest BCUT2D eigenvalue weighted by Crippen LogP contribution is 2.45. The number of carbonyl (C=O) groups is 1. The summed E-state index contributed by atoms with van der Waals surface area (Å²) in [7, 11) is 0. The lowest BCUT2D eigenvalue weighted by Gasteiger charge is -2.44. The first-order chi connectivity index (χ1) is 24.3. The van der Waals surface area contributed by atoms with E-state index in [1.807, 2.05) is 25.3 Å². The number of aromatic nitrogens is 3. The summed E-state index contributed by atoms with van der Waals surface area (Å²) in [5.74, 6) is 2.97. The molecule has 3 aromatic rings. The van der Waals surface area contributed by atoms with Crippen molar-refractivity contribution in [2.45, 2.75) is 84.6 Å². The standard InChI is InChI=1S/C40H55N9O/c1-28-32(9-16-41)5-4-6-34(28)29(2)44-38-35-25-37(43-26-36(35)30(3)45-46-38)48-21-23-49(24-22-48)39(50)33-10-19-47(20-11-33)27-31-7-12-40(13-8-31)14-17-42-18-15-40/h4-6,25-26,29,31,33,42H,7-15,17-24,27H2,1-3H3,(H,44,46)/t29-/m1/s1. The second kappa shape index (κ2) is 15.2. The maximum absolute atomic E-state index is 13.7. The number of fused-ring (bicyclic) bond motifs is 1. The molecule has 3 saturated heterocycles. The van der Waals surface area contributed by atoms with E-state index in [9.17, 15) is 10.1 Å². The summed E-state index contributed by atoms with van der Waals surface area (Å²) in [4.78, 5) is 25.5. The Morgan fingerprint density at radius 1 is 1.00 bits per heavy atom. The van der Waals surface area contributed by atoms with Gasteiger partial charge in [-0.1, -0.05) is 18.2 Å². The van der Waals surface area contributed by atoms with Crippen LogP contribution in [0.3, 0.4) is 0 Å². The molecule has 4 aliphatic rings. The Bertz CT molecular complexity index is 1690. The van der Waals surface area contributed by atoms with Gasteiger partial charge in [-0.15, -0.1) is 5.10 Å². The van der Waals surface area contributed by atoms with E-state index in [0.717, 1.165) is 103 Å². The van der Waals surface area contributed by atoms with Gasteiger partial charge in [0.2, 0.25) is 5.91 Å². The van der Waals surface area contributed by atoms with Crippen LogP contribution in [0, 0.1) is 42.4 Å². The molecule has 1 aromatic carbocycles. The SMILES string of the molecule is Cc1c(CC#N)cccc1[C@@H](C)Nc1nnc(C)c2cnc(N3CCN(C(=O)C4CCN(CC5CCC6(CCNCC6)CC5)CC4)CC3)cc12. The number of nitrogens with one attached hydrogen (secondary N) is 2. The van der Waals surface area contributed by atoms with Gasteiger partial charge in [0.25, 0.3) is 0 Å². The molecule has 2 N–H and O–H groups in total. The molecule has 3 aliphatic heterocycles. The van der Waals surface area contributed by atoms with Gasteiger partial charge in [0.15, 0.2) is 5.82 Å². The van der Waals surface area contributed by atoms with Crippen LogP contribution in [-0.4, -0.2) is 89.8 Å². The van der Waals surface area contributed by atoms with Crippen LogP contribution < -0.4 is 15.5 Å². The zero-order valence-electron chi connectivity index (χ0n) is 30.4. The van der Waals surface area contributed by atoms with Crippen molar-refractivity contribution in [1.82, 2.24) is 30.3 Å². The van der Waals surface area contributed by atoms with Gasteiger partial charge in [-0.3, -0.25) is 4.79 Å². The molecule has 1 aliphatic carbocycles. The number of likely N-dealkylation sites (tertiary alicyclic amines) is 1. The van der Waals surface area contributed by atoms with Crippen molar-refractivity contribution < 1.29 is 4.79 Å². The molecule has 1 amide bonds. The number of piperidine rings is 2. The first-order valence-electron chi connectivity index (χ1n) is 19.1. The number of hydrogen-bond acceptors (Lipinski definition) is 9. The predicted molar refractivity (Wildman–Crippen MR) is 199 cm³/mol. The molecular formula is C40H55N9O. The van der Waals surface area contributed by atoms with E-state index in [-0.39, 0.29) is 12.0 Å². The highest BCUT2D eigenvalue weighted by Gasteiger charge is 2.37. The summed E-state index contributed by atoms with van der Waals surface area (Å²) in [5, 5.41) is 27.4. The van der Waals surface area contributed by atoms with Crippen molar-refractivity contribution in [1.29, 1.82) is 5.26 Å². The highest BCUT2D eigenvalue weighted by atomic mass is 16.2. The Balaban J connectivity index is 0.924. The fraction of sp³-hybridized carbons (Fsp3) is 0.625. The van der Waals surface area contributed by atoms with Gasteiger partial charge in [0.1, 0.15) is 5.82 Å². The topological polar surface area (TPSA) is 113 Å². The van der Waals surface area contributed by atoms with Crippen molar-refractivity contribution in [3.63, 3.8) is 0 Å². The number of anilines is 2. The summed E-state index contributed by atoms with van der Waals surface area (Å²) in [6.45, 7) is 14.9. The zero-order chi connectivity index (χ0) is 34.7. The maximum Gasteiger partial charge on any atom is 0.225 e. The first-order valence-corrected chi connectivity index (χ1v) is 19.1. The minimum absolute atomic E-state index is 0.0223. The summed E-state index contributed by atoms with van der Waals surface area (Å²) >= 11 is 0. The van der Waals surface area contributed by atoms with Crippen LogP contribution in [0.25, 0.3) is 10.8 Å². The molecular weight excluding hydrogens is 623 g/mol. The summed E-state index contributed by atoms with van der Waals surface area (Å²) in [5.41, 5.74) is 4.80. The van der Waals surface area contributed by atoms with Crippen molar-refractivity contribution in [2.75, 3.05) is 69.1 Å². The number of nitriles is 1. The van der Waals surface area contributed by atoms with E-state index in [1.165, 1.54) is 58.2 Å². The Hall–Kier alpha value is -3.81. The van der Waals surface area contributed by atoms with E-state index < -0.39 is 0 Å². The molecule has 0 bridgehead atoms. The molecule has 1 atom stereocenters. The highest BCUT2D eigenvalue weighted by molar-refractivity contribution is 5.94. The number of hydrogen-bond donors (Lipinski definition) is 2. The minimum Gasteiger partial charge on any atom is -0.362 e. The lowest BCUT2D eigenvalue weighted by atomic mass is 9.65. The van der Waals surface area contributed by atoms with Crippen LogP contribution in [0.15, 0.2) is 30.5 Å². The van der Waals surface area contributed by atoms with Crippen molar-refractivity contribution >= 4 is 28.3 Å². The van der Waals surface area contributed by atoms with Crippen molar-refractivity contribution in [3.8, 4) is 6.07 Å². The fourth-order valence-electron chi connectivity index (χ4n) is 9.24. The Morgan fingerprint density at radius 2 is 1.74 bits per heavy atom. The van der Waals surface area contributed by atoms with Gasteiger partial charge in [-0.25, -0.2) is 4.98 Å². The number of pyridine rings is 1. The third kappa shape index (κ3) is 7.45. The number of rotatable bonds is 8. The average molecular weight is 678 g/mol. The van der Waals surface area contributed by atoms with Crippen LogP contribution in [0.4, 0.5) is 11.6 Å². The van der Waals surface area contributed by atoms with Crippen LogP contribution in [0.1, 0.15) is 86.7 Å².